The summed E-state index contributed by atoms with van der Waals surface area (Å²) in [5, 5.41) is 13.4. The lowest BCUT2D eigenvalue weighted by Crippen LogP contribution is -2.53. The van der Waals surface area contributed by atoms with Gasteiger partial charge in [0.25, 0.3) is 5.91 Å². The van der Waals surface area contributed by atoms with Crippen molar-refractivity contribution in [3.63, 3.8) is 0 Å². The van der Waals surface area contributed by atoms with Gasteiger partial charge in [-0.05, 0) is 82.1 Å². The van der Waals surface area contributed by atoms with Crippen LogP contribution in [0.15, 0.2) is 48.7 Å². The number of hydrogen-bond donors (Lipinski definition) is 2. The van der Waals surface area contributed by atoms with E-state index >= 15 is 0 Å². The standard InChI is InChI=1S/C33H41N7O4/c1-22-20-40(28-10-7-24(19-34)30-26(28)6-5-12-36-30)21-29(43-22)31(41)37-13-11-23-18-25(8-9-27(23)35)38-14-16-39(17-15-38)32(42)44-33(2,3)4/h5-10,12,18,22,29H,11,13-17,20-21,35H2,1-4H3,(H,37,41)/t22-,29-/m1/s1. The number of ether oxygens (including phenoxy) is 2. The van der Waals surface area contributed by atoms with Crippen LogP contribution < -0.4 is 20.9 Å². The number of aromatic nitrogens is 1. The highest BCUT2D eigenvalue weighted by molar-refractivity contribution is 5.95. The zero-order valence-electron chi connectivity index (χ0n) is 25.9. The van der Waals surface area contributed by atoms with Gasteiger partial charge < -0.3 is 35.2 Å². The number of carbonyl (C=O) groups is 2. The summed E-state index contributed by atoms with van der Waals surface area (Å²) < 4.78 is 11.6. The minimum atomic E-state index is -0.647. The first-order valence-electron chi connectivity index (χ1n) is 15.1. The van der Waals surface area contributed by atoms with Crippen LogP contribution in [0.5, 0.6) is 0 Å². The van der Waals surface area contributed by atoms with Crippen molar-refractivity contribution in [1.82, 2.24) is 15.2 Å². The Balaban J connectivity index is 1.17. The molecule has 11 nitrogen and oxygen atoms in total. The highest BCUT2D eigenvalue weighted by Crippen LogP contribution is 2.30. The third-order valence-electron chi connectivity index (χ3n) is 7.88. The molecular weight excluding hydrogens is 558 g/mol. The van der Waals surface area contributed by atoms with E-state index < -0.39 is 11.7 Å². The maximum absolute atomic E-state index is 13.2. The van der Waals surface area contributed by atoms with E-state index in [1.54, 1.807) is 17.2 Å². The highest BCUT2D eigenvalue weighted by Gasteiger charge is 2.31. The smallest absolute Gasteiger partial charge is 0.410 e. The molecule has 44 heavy (non-hydrogen) atoms. The Hall–Kier alpha value is -4.56. The van der Waals surface area contributed by atoms with Gasteiger partial charge in [0, 0.05) is 67.9 Å². The monoisotopic (exact) mass is 599 g/mol. The largest absolute Gasteiger partial charge is 0.444 e. The van der Waals surface area contributed by atoms with Crippen molar-refractivity contribution >= 4 is 40.0 Å². The number of rotatable bonds is 6. The van der Waals surface area contributed by atoms with Gasteiger partial charge in [0.15, 0.2) is 6.10 Å². The third kappa shape index (κ3) is 7.14. The molecule has 2 fully saturated rings. The van der Waals surface area contributed by atoms with Crippen molar-refractivity contribution in [3.05, 3.63) is 59.8 Å². The Kier molecular flexibility index (Phi) is 9.11. The second-order valence-electron chi connectivity index (χ2n) is 12.4. The van der Waals surface area contributed by atoms with Gasteiger partial charge in [-0.3, -0.25) is 9.78 Å². The van der Waals surface area contributed by atoms with Gasteiger partial charge in [0.2, 0.25) is 0 Å². The normalized spacial score (nSPS) is 19.0. The number of anilines is 3. The van der Waals surface area contributed by atoms with Gasteiger partial charge in [0.05, 0.1) is 23.7 Å². The maximum atomic E-state index is 13.2. The zero-order valence-corrected chi connectivity index (χ0v) is 25.9. The molecule has 2 aliphatic rings. The molecule has 2 saturated heterocycles. The second-order valence-corrected chi connectivity index (χ2v) is 12.4. The lowest BCUT2D eigenvalue weighted by molar-refractivity contribution is -0.137. The Bertz CT molecular complexity index is 1560. The first-order chi connectivity index (χ1) is 21.0. The van der Waals surface area contributed by atoms with Crippen molar-refractivity contribution in [3.8, 4) is 6.07 Å². The van der Waals surface area contributed by atoms with Crippen LogP contribution in [0.3, 0.4) is 0 Å². The summed E-state index contributed by atoms with van der Waals surface area (Å²) in [6.45, 7) is 11.5. The lowest BCUT2D eigenvalue weighted by Gasteiger charge is -2.38. The molecule has 0 aliphatic carbocycles. The molecule has 0 saturated carbocycles. The molecule has 0 spiro atoms. The van der Waals surface area contributed by atoms with E-state index in [4.69, 9.17) is 15.2 Å². The summed E-state index contributed by atoms with van der Waals surface area (Å²) in [5.74, 6) is -0.175. The van der Waals surface area contributed by atoms with E-state index in [1.807, 2.05) is 58.0 Å². The van der Waals surface area contributed by atoms with E-state index in [2.05, 4.69) is 32.2 Å². The van der Waals surface area contributed by atoms with Crippen molar-refractivity contribution in [1.29, 1.82) is 5.26 Å². The van der Waals surface area contributed by atoms with Crippen LogP contribution in [0, 0.1) is 11.3 Å². The highest BCUT2D eigenvalue weighted by atomic mass is 16.6. The van der Waals surface area contributed by atoms with Crippen molar-refractivity contribution in [2.24, 2.45) is 0 Å². The van der Waals surface area contributed by atoms with Gasteiger partial charge in [-0.2, -0.15) is 5.26 Å². The predicted octanol–water partition coefficient (Wildman–Crippen LogP) is 3.70. The molecule has 2 amide bonds. The van der Waals surface area contributed by atoms with Crippen molar-refractivity contribution in [2.75, 3.05) is 61.3 Å². The first kappa shape index (κ1) is 30.9. The SMILES string of the molecule is C[C@@H]1CN(c2ccc(C#N)c3ncccc23)C[C@H](C(=O)NCCc2cc(N3CCN(C(=O)OC(C)(C)C)CC3)ccc2N)O1. The number of fused-ring (bicyclic) bond motifs is 1. The summed E-state index contributed by atoms with van der Waals surface area (Å²) in [4.78, 5) is 36.2. The number of piperazine rings is 1. The minimum Gasteiger partial charge on any atom is -0.444 e. The average molecular weight is 600 g/mol. The molecule has 0 unspecified atom stereocenters. The topological polar surface area (TPSA) is 137 Å². The quantitative estimate of drug-likeness (QED) is 0.406. The number of pyridine rings is 1. The Morgan fingerprint density at radius 3 is 2.61 bits per heavy atom. The molecule has 3 N–H and O–H groups in total. The van der Waals surface area contributed by atoms with Crippen LogP contribution in [0.4, 0.5) is 21.9 Å². The molecular formula is C33H41N7O4. The minimum absolute atomic E-state index is 0.162. The number of morpholine rings is 1. The van der Waals surface area contributed by atoms with Gasteiger partial charge >= 0.3 is 6.09 Å². The number of nitrogen functional groups attached to an aromatic ring is 1. The van der Waals surface area contributed by atoms with Crippen LogP contribution in [0.2, 0.25) is 0 Å². The van der Waals surface area contributed by atoms with E-state index in [0.29, 0.717) is 69.0 Å². The Morgan fingerprint density at radius 1 is 1.11 bits per heavy atom. The predicted molar refractivity (Wildman–Crippen MR) is 171 cm³/mol. The van der Waals surface area contributed by atoms with Gasteiger partial charge in [0.1, 0.15) is 11.7 Å². The molecule has 3 heterocycles. The summed E-state index contributed by atoms with van der Waals surface area (Å²) in [6.07, 6.45) is 1.16. The van der Waals surface area contributed by atoms with Gasteiger partial charge in [-0.25, -0.2) is 4.79 Å². The number of nitriles is 1. The fraction of sp³-hybridized carbons (Fsp3) is 0.455. The van der Waals surface area contributed by atoms with Crippen LogP contribution in [-0.2, 0) is 20.7 Å². The molecule has 2 aliphatic heterocycles. The Morgan fingerprint density at radius 2 is 1.89 bits per heavy atom. The molecule has 1 aromatic heterocycles. The number of benzene rings is 2. The van der Waals surface area contributed by atoms with E-state index in [0.717, 1.165) is 22.3 Å². The molecule has 232 valence electrons. The van der Waals surface area contributed by atoms with E-state index in [-0.39, 0.29) is 18.1 Å². The van der Waals surface area contributed by atoms with Crippen molar-refractivity contribution in [2.45, 2.75) is 51.9 Å². The fourth-order valence-electron chi connectivity index (χ4n) is 5.73. The van der Waals surface area contributed by atoms with Crippen LogP contribution in [-0.4, -0.2) is 85.5 Å². The second kappa shape index (κ2) is 13.0. The Labute approximate surface area is 258 Å². The number of nitrogens with one attached hydrogen (secondary N) is 1. The molecule has 3 aromatic rings. The van der Waals surface area contributed by atoms with E-state index in [9.17, 15) is 14.9 Å². The molecule has 2 atom stereocenters. The van der Waals surface area contributed by atoms with Crippen LogP contribution in [0.25, 0.3) is 10.9 Å². The first-order valence-corrected chi connectivity index (χ1v) is 15.1. The average Bonchev–Trinajstić information content (AvgIpc) is 3.00. The van der Waals surface area contributed by atoms with Crippen molar-refractivity contribution < 1.29 is 19.1 Å². The van der Waals surface area contributed by atoms with Gasteiger partial charge in [-0.15, -0.1) is 0 Å². The maximum Gasteiger partial charge on any atom is 0.410 e. The summed E-state index contributed by atoms with van der Waals surface area (Å²) in [5.41, 5.74) is 10.5. The van der Waals surface area contributed by atoms with E-state index in [1.165, 1.54) is 0 Å². The molecule has 5 rings (SSSR count). The lowest BCUT2D eigenvalue weighted by atomic mass is 10.1. The van der Waals surface area contributed by atoms with Crippen LogP contribution >= 0.6 is 0 Å². The number of amides is 2. The number of nitrogens with two attached hydrogens (primary N) is 1. The molecule has 0 radical (unpaired) electrons. The van der Waals surface area contributed by atoms with Gasteiger partial charge in [-0.1, -0.05) is 0 Å². The number of carbonyl (C=O) groups excluding carboxylic acids is 2. The number of hydrogen-bond acceptors (Lipinski definition) is 9. The zero-order chi connectivity index (χ0) is 31.4. The molecule has 2 aromatic carbocycles. The molecule has 11 heteroatoms. The number of nitrogens with zero attached hydrogens (tertiary/aromatic N) is 5. The summed E-state index contributed by atoms with van der Waals surface area (Å²) >= 11 is 0. The third-order valence-corrected chi connectivity index (χ3v) is 7.88. The fourth-order valence-corrected chi connectivity index (χ4v) is 5.73. The van der Waals surface area contributed by atoms with Crippen LogP contribution in [0.1, 0.15) is 38.8 Å². The molecule has 0 bridgehead atoms. The summed E-state index contributed by atoms with van der Waals surface area (Å²) in [6, 6.07) is 15.7. The summed E-state index contributed by atoms with van der Waals surface area (Å²) in [7, 11) is 0.